The van der Waals surface area contributed by atoms with Crippen LogP contribution < -0.4 is 21.5 Å². The molecule has 0 radical (unpaired) electrons. The molecule has 3 rings (SSSR count). The van der Waals surface area contributed by atoms with Crippen LogP contribution in [0.1, 0.15) is 57.4 Å². The molecule has 0 aliphatic carbocycles. The van der Waals surface area contributed by atoms with E-state index in [2.05, 4.69) is 61.1 Å². The Labute approximate surface area is 189 Å². The summed E-state index contributed by atoms with van der Waals surface area (Å²) in [4.78, 5) is 0. The molecule has 0 spiro atoms. The number of fused-ring (bicyclic) bond motifs is 1. The maximum absolute atomic E-state index is 6.63. The summed E-state index contributed by atoms with van der Waals surface area (Å²) in [6.45, 7) is 5.28. The molecule has 1 heterocycles. The average molecular weight is 484 g/mol. The van der Waals surface area contributed by atoms with Crippen LogP contribution >= 0.6 is 23.2 Å². The molecule has 0 bridgehead atoms. The monoisotopic (exact) mass is 482 g/mol. The van der Waals surface area contributed by atoms with Crippen molar-refractivity contribution in [3.05, 3.63) is 58.6 Å². The van der Waals surface area contributed by atoms with Gasteiger partial charge in [-0.2, -0.15) is 4.57 Å². The number of aryl methyl sites for hydroxylation is 2. The summed E-state index contributed by atoms with van der Waals surface area (Å²) in [6, 6.07) is 12.7. The summed E-state index contributed by atoms with van der Waals surface area (Å²) in [7, 11) is 0. The highest BCUT2D eigenvalue weighted by Gasteiger charge is 2.24. The number of rotatable bonds is 9. The van der Waals surface area contributed by atoms with Crippen molar-refractivity contribution in [1.82, 2.24) is 4.57 Å². The van der Waals surface area contributed by atoms with Crippen molar-refractivity contribution in [1.29, 1.82) is 0 Å². The molecule has 0 saturated heterocycles. The summed E-state index contributed by atoms with van der Waals surface area (Å²) >= 11 is 13.2. The fourth-order valence-electron chi connectivity index (χ4n) is 3.69. The van der Waals surface area contributed by atoms with Crippen LogP contribution in [0.15, 0.2) is 42.7 Å². The zero-order valence-corrected chi connectivity index (χ0v) is 19.8. The quantitative estimate of drug-likeness (QED) is 0.317. The van der Waals surface area contributed by atoms with Crippen LogP contribution in [-0.4, -0.2) is 4.57 Å². The molecule has 0 saturated carbocycles. The normalized spacial score (nSPS) is 11.0. The van der Waals surface area contributed by atoms with Crippen LogP contribution in [0.4, 0.5) is 0 Å². The largest absolute Gasteiger partial charge is 1.00 e. The van der Waals surface area contributed by atoms with Crippen LogP contribution in [0.25, 0.3) is 16.5 Å². The zero-order valence-electron chi connectivity index (χ0n) is 16.7. The van der Waals surface area contributed by atoms with E-state index in [1.807, 2.05) is 4.57 Å². The Kier molecular flexibility index (Phi) is 9.33. The molecule has 0 fully saturated rings. The van der Waals surface area contributed by atoms with Crippen molar-refractivity contribution >= 4 is 34.0 Å². The van der Waals surface area contributed by atoms with E-state index in [0.717, 1.165) is 18.7 Å². The second kappa shape index (κ2) is 11.2. The Bertz CT molecular complexity index is 905. The second-order valence-corrected chi connectivity index (χ2v) is 8.05. The van der Waals surface area contributed by atoms with Crippen molar-refractivity contribution in [2.75, 3.05) is 0 Å². The fourth-order valence-corrected chi connectivity index (χ4v) is 4.15. The minimum absolute atomic E-state index is 0. The molecule has 0 N–H and O–H groups in total. The Morgan fingerprint density at radius 2 is 1.57 bits per heavy atom. The minimum Gasteiger partial charge on any atom is -1.00 e. The third kappa shape index (κ3) is 5.31. The molecular formula is C23H29BrCl2N2. The van der Waals surface area contributed by atoms with Gasteiger partial charge in [-0.25, -0.2) is 4.57 Å². The lowest BCUT2D eigenvalue weighted by Gasteiger charge is -2.07. The lowest BCUT2D eigenvalue weighted by molar-refractivity contribution is -0.694. The Morgan fingerprint density at radius 3 is 2.32 bits per heavy atom. The van der Waals surface area contributed by atoms with E-state index < -0.39 is 0 Å². The number of benzene rings is 2. The van der Waals surface area contributed by atoms with Crippen molar-refractivity contribution in [3.8, 4) is 5.69 Å². The van der Waals surface area contributed by atoms with E-state index in [-0.39, 0.29) is 17.0 Å². The van der Waals surface area contributed by atoms with Crippen molar-refractivity contribution < 1.29 is 21.5 Å². The van der Waals surface area contributed by atoms with E-state index in [9.17, 15) is 0 Å². The van der Waals surface area contributed by atoms with Gasteiger partial charge in [0.2, 0.25) is 0 Å². The number of hydrogen-bond acceptors (Lipinski definition) is 0. The van der Waals surface area contributed by atoms with E-state index in [1.54, 1.807) is 0 Å². The molecule has 2 aromatic carbocycles. The van der Waals surface area contributed by atoms with Gasteiger partial charge >= 0.3 is 0 Å². The molecule has 2 nitrogen and oxygen atoms in total. The first-order valence-electron chi connectivity index (χ1n) is 10.1. The lowest BCUT2D eigenvalue weighted by atomic mass is 10.0. The number of hydrogen-bond donors (Lipinski definition) is 0. The summed E-state index contributed by atoms with van der Waals surface area (Å²) in [6.07, 6.45) is 11.1. The first kappa shape index (κ1) is 23.3. The Hall–Kier alpha value is -1.03. The smallest absolute Gasteiger partial charge is 0.260 e. The molecule has 0 unspecified atom stereocenters. The molecule has 1 aromatic heterocycles. The van der Waals surface area contributed by atoms with Crippen LogP contribution in [0.3, 0.4) is 0 Å². The zero-order chi connectivity index (χ0) is 19.2. The molecule has 3 aromatic rings. The predicted molar refractivity (Wildman–Crippen MR) is 116 cm³/mol. The summed E-state index contributed by atoms with van der Waals surface area (Å²) < 4.78 is 4.11. The van der Waals surface area contributed by atoms with E-state index in [1.165, 1.54) is 54.9 Å². The van der Waals surface area contributed by atoms with Crippen molar-refractivity contribution in [2.45, 2.75) is 65.3 Å². The van der Waals surface area contributed by atoms with Gasteiger partial charge in [0.05, 0.1) is 6.54 Å². The van der Waals surface area contributed by atoms with Crippen LogP contribution in [0.2, 0.25) is 10.3 Å². The van der Waals surface area contributed by atoms with Gasteiger partial charge in [-0.15, -0.1) is 0 Å². The molecular weight excluding hydrogens is 455 g/mol. The van der Waals surface area contributed by atoms with Gasteiger partial charge in [-0.05, 0) is 53.9 Å². The SMILES string of the molecule is CCCCCCCCC[n+]1cn(-c2c(C)ccc3ccccc23)c(Cl)c1Cl.[Br-]. The highest BCUT2D eigenvalue weighted by molar-refractivity contribution is 6.40. The highest BCUT2D eigenvalue weighted by atomic mass is 79.9. The second-order valence-electron chi connectivity index (χ2n) is 7.33. The minimum atomic E-state index is 0. The average Bonchev–Trinajstić information content (AvgIpc) is 2.95. The van der Waals surface area contributed by atoms with Gasteiger partial charge in [0.25, 0.3) is 16.6 Å². The summed E-state index contributed by atoms with van der Waals surface area (Å²) in [5.41, 5.74) is 2.30. The molecule has 0 aliphatic rings. The Balaban J connectivity index is 0.00000280. The molecule has 152 valence electrons. The number of unbranched alkanes of at least 4 members (excludes halogenated alkanes) is 6. The van der Waals surface area contributed by atoms with Gasteiger partial charge < -0.3 is 17.0 Å². The fraction of sp³-hybridized carbons (Fsp3) is 0.435. The predicted octanol–water partition coefficient (Wildman–Crippen LogP) is 4.29. The Morgan fingerprint density at radius 1 is 0.893 bits per heavy atom. The van der Waals surface area contributed by atoms with Gasteiger partial charge in [0.15, 0.2) is 0 Å². The van der Waals surface area contributed by atoms with E-state index in [4.69, 9.17) is 23.2 Å². The third-order valence-corrected chi connectivity index (χ3v) is 6.09. The molecule has 28 heavy (non-hydrogen) atoms. The summed E-state index contributed by atoms with van der Waals surface area (Å²) in [5, 5.41) is 3.60. The van der Waals surface area contributed by atoms with Gasteiger partial charge in [0.1, 0.15) is 5.69 Å². The van der Waals surface area contributed by atoms with Crippen LogP contribution in [0, 0.1) is 6.92 Å². The van der Waals surface area contributed by atoms with Gasteiger partial charge in [0, 0.05) is 5.39 Å². The maximum atomic E-state index is 6.63. The molecule has 0 atom stereocenters. The van der Waals surface area contributed by atoms with Crippen LogP contribution in [-0.2, 0) is 6.54 Å². The summed E-state index contributed by atoms with van der Waals surface area (Å²) in [5.74, 6) is 0. The van der Waals surface area contributed by atoms with E-state index >= 15 is 0 Å². The van der Waals surface area contributed by atoms with Crippen molar-refractivity contribution in [3.63, 3.8) is 0 Å². The highest BCUT2D eigenvalue weighted by Crippen LogP contribution is 2.30. The number of imidazole rings is 1. The number of halogens is 3. The molecule has 0 aliphatic heterocycles. The first-order valence-corrected chi connectivity index (χ1v) is 10.8. The number of aromatic nitrogens is 2. The number of nitrogens with zero attached hydrogens (tertiary/aromatic N) is 2. The third-order valence-electron chi connectivity index (χ3n) is 5.23. The van der Waals surface area contributed by atoms with Crippen LogP contribution in [0.5, 0.6) is 0 Å². The standard InChI is InChI=1S/C23H29Cl2N2.BrH/c1-3-4-5-6-7-8-11-16-26-17-27(23(25)22(26)24)21-18(2)14-15-19-12-9-10-13-20(19)21;/h9-10,12-15,17H,3-8,11,16H2,1-2H3;1H/q+1;/p-1. The first-order chi connectivity index (χ1) is 13.1. The van der Waals surface area contributed by atoms with E-state index in [0.29, 0.717) is 10.3 Å². The lowest BCUT2D eigenvalue weighted by Crippen LogP contribution is -3.00. The molecule has 5 heteroatoms. The van der Waals surface area contributed by atoms with Gasteiger partial charge in [-0.1, -0.05) is 75.4 Å². The maximum Gasteiger partial charge on any atom is 0.260 e. The van der Waals surface area contributed by atoms with Crippen molar-refractivity contribution in [2.24, 2.45) is 0 Å². The molecule has 0 amide bonds. The topological polar surface area (TPSA) is 8.81 Å². The van der Waals surface area contributed by atoms with Gasteiger partial charge in [-0.3, -0.25) is 0 Å².